The molecule has 11 nitrogen and oxygen atoms in total. The van der Waals surface area contributed by atoms with Crippen molar-refractivity contribution in [2.24, 2.45) is 15.7 Å². The van der Waals surface area contributed by atoms with Crippen LogP contribution in [0.15, 0.2) is 9.98 Å². The minimum absolute atomic E-state index is 0.118. The van der Waals surface area contributed by atoms with Crippen LogP contribution in [0.1, 0.15) is 68.8 Å². The van der Waals surface area contributed by atoms with Crippen LogP contribution in [0, 0.1) is 0 Å². The number of hydrogen-bond donors (Lipinski definition) is 4. The first-order valence-electron chi connectivity index (χ1n) is 11.2. The summed E-state index contributed by atoms with van der Waals surface area (Å²) in [5, 5.41) is 12.2. The first-order chi connectivity index (χ1) is 15.0. The lowest BCUT2D eigenvalue weighted by molar-refractivity contribution is -0.149. The summed E-state index contributed by atoms with van der Waals surface area (Å²) in [6.07, 6.45) is 5.16. The lowest BCUT2D eigenvalue weighted by atomic mass is 10.1. The second-order valence-electron chi connectivity index (χ2n) is 6.78. The number of amides is 2. The number of nitrogens with one attached hydrogen (secondary N) is 2. The number of carboxylic acid groups (broad SMARTS) is 1. The Labute approximate surface area is 175 Å². The average Bonchev–Trinajstić information content (AvgIpc) is 2.63. The average molecular weight is 416 g/mol. The minimum Gasteiger partial charge on any atom is -0.463 e. The molecule has 1 saturated heterocycles. The van der Waals surface area contributed by atoms with Gasteiger partial charge < -0.3 is 15.6 Å². The SMILES string of the molecule is [2H]C([2H])([2H])/N=C(/N)NN1CC(=O)OC(C)CCCCCCCCCC(=O)NC1=NC(=O)O. The molecule has 1 aliphatic rings. The molecular formula is C18H32N6O5. The maximum atomic E-state index is 12.4. The van der Waals surface area contributed by atoms with E-state index < -0.39 is 43.4 Å². The summed E-state index contributed by atoms with van der Waals surface area (Å²) < 4.78 is 26.8. The maximum Gasteiger partial charge on any atom is 0.434 e. The number of ether oxygens (including phenoxy) is 1. The summed E-state index contributed by atoms with van der Waals surface area (Å²) in [5.74, 6) is -2.47. The number of cyclic esters (lactones) is 1. The highest BCUT2D eigenvalue weighted by atomic mass is 16.5. The van der Waals surface area contributed by atoms with Gasteiger partial charge in [-0.3, -0.25) is 25.3 Å². The van der Waals surface area contributed by atoms with Gasteiger partial charge in [0.25, 0.3) is 0 Å². The maximum absolute atomic E-state index is 12.4. The molecule has 1 aliphatic heterocycles. The van der Waals surface area contributed by atoms with Crippen LogP contribution in [0.4, 0.5) is 4.79 Å². The smallest absolute Gasteiger partial charge is 0.434 e. The number of carbonyl (C=O) groups excluding carboxylic acids is 2. The van der Waals surface area contributed by atoms with Crippen molar-refractivity contribution in [1.82, 2.24) is 15.8 Å². The molecule has 5 N–H and O–H groups in total. The van der Waals surface area contributed by atoms with E-state index in [0.717, 1.165) is 43.5 Å². The molecule has 1 atom stereocenters. The monoisotopic (exact) mass is 415 g/mol. The summed E-state index contributed by atoms with van der Waals surface area (Å²) in [6, 6.07) is 0. The van der Waals surface area contributed by atoms with Gasteiger partial charge in [-0.25, -0.2) is 9.80 Å². The number of carbonyl (C=O) groups is 3. The molecule has 29 heavy (non-hydrogen) atoms. The summed E-state index contributed by atoms with van der Waals surface area (Å²) >= 11 is 0. The number of rotatable bonds is 1. The molecule has 11 heteroatoms. The van der Waals surface area contributed by atoms with Crippen molar-refractivity contribution >= 4 is 29.9 Å². The zero-order valence-electron chi connectivity index (χ0n) is 19.6. The predicted octanol–water partition coefficient (Wildman–Crippen LogP) is 1.34. The third kappa shape index (κ3) is 10.9. The van der Waals surface area contributed by atoms with Gasteiger partial charge >= 0.3 is 12.1 Å². The molecule has 1 fully saturated rings. The molecule has 1 heterocycles. The summed E-state index contributed by atoms with van der Waals surface area (Å²) in [6.45, 7) is -1.66. The van der Waals surface area contributed by atoms with Crippen molar-refractivity contribution in [3.8, 4) is 0 Å². The second kappa shape index (κ2) is 13.3. The van der Waals surface area contributed by atoms with E-state index in [2.05, 4.69) is 20.7 Å². The summed E-state index contributed by atoms with van der Waals surface area (Å²) in [7, 11) is 0. The Kier molecular flexibility index (Phi) is 8.96. The van der Waals surface area contributed by atoms with Crippen LogP contribution >= 0.6 is 0 Å². The lowest BCUT2D eigenvalue weighted by Crippen LogP contribution is -2.56. The van der Waals surface area contributed by atoms with Gasteiger partial charge in [0, 0.05) is 17.5 Å². The van der Waals surface area contributed by atoms with Crippen molar-refractivity contribution in [3.05, 3.63) is 0 Å². The van der Waals surface area contributed by atoms with Gasteiger partial charge in [-0.15, -0.1) is 4.99 Å². The van der Waals surface area contributed by atoms with Crippen LogP contribution in [-0.2, 0) is 14.3 Å². The number of aliphatic imine (C=N–C) groups is 2. The van der Waals surface area contributed by atoms with Gasteiger partial charge in [-0.1, -0.05) is 32.1 Å². The molecule has 0 radical (unpaired) electrons. The number of esters is 1. The van der Waals surface area contributed by atoms with E-state index in [-0.39, 0.29) is 12.5 Å². The minimum atomic E-state index is -2.78. The van der Waals surface area contributed by atoms with Crippen molar-refractivity contribution < 1.29 is 28.3 Å². The number of nitrogens with zero attached hydrogens (tertiary/aromatic N) is 3. The van der Waals surface area contributed by atoms with Crippen LogP contribution in [0.3, 0.4) is 0 Å². The standard InChI is InChI=1S/C18H32N6O5/c1-13-10-8-6-4-3-5-7-9-11-14(25)21-17(22-18(27)28)24(12-15(26)29-13)23-16(19)20-2/h13H,3-12H2,1-2H3,(H,27,28)(H3,19,20,23)(H,21,22,25)/i2D3. The third-order valence-corrected chi connectivity index (χ3v) is 4.21. The zero-order chi connectivity index (χ0) is 24.1. The molecule has 164 valence electrons. The van der Waals surface area contributed by atoms with Gasteiger partial charge in [-0.2, -0.15) is 0 Å². The molecule has 0 aromatic carbocycles. The molecule has 2 amide bonds. The van der Waals surface area contributed by atoms with Crippen molar-refractivity contribution in [2.45, 2.75) is 70.8 Å². The number of hydrogen-bond acceptors (Lipinski definition) is 5. The van der Waals surface area contributed by atoms with Crippen molar-refractivity contribution in [1.29, 1.82) is 0 Å². The Bertz CT molecular complexity index is 714. The first-order valence-corrected chi connectivity index (χ1v) is 9.67. The van der Waals surface area contributed by atoms with E-state index >= 15 is 0 Å². The van der Waals surface area contributed by atoms with Gasteiger partial charge in [0.2, 0.25) is 17.8 Å². The Morgan fingerprint density at radius 3 is 2.59 bits per heavy atom. The van der Waals surface area contributed by atoms with Crippen molar-refractivity contribution in [3.63, 3.8) is 0 Å². The molecule has 0 aromatic rings. The van der Waals surface area contributed by atoms with Gasteiger partial charge in [0.1, 0.15) is 6.54 Å². The van der Waals surface area contributed by atoms with Crippen LogP contribution < -0.4 is 16.5 Å². The highest BCUT2D eigenvalue weighted by Crippen LogP contribution is 2.12. The summed E-state index contributed by atoms with van der Waals surface area (Å²) in [4.78, 5) is 42.5. The van der Waals surface area contributed by atoms with Crippen LogP contribution in [0.2, 0.25) is 0 Å². The Hall–Kier alpha value is -2.85. The quantitative estimate of drug-likeness (QED) is 0.284. The van der Waals surface area contributed by atoms with Crippen molar-refractivity contribution in [2.75, 3.05) is 13.5 Å². The Morgan fingerprint density at radius 1 is 1.28 bits per heavy atom. The molecular weight excluding hydrogens is 380 g/mol. The van der Waals surface area contributed by atoms with Crippen LogP contribution in [-0.4, -0.2) is 59.6 Å². The lowest BCUT2D eigenvalue weighted by Gasteiger charge is -2.26. The third-order valence-electron chi connectivity index (χ3n) is 4.21. The molecule has 0 aromatic heterocycles. The summed E-state index contributed by atoms with van der Waals surface area (Å²) in [5.41, 5.74) is 7.88. The zero-order valence-corrected chi connectivity index (χ0v) is 16.6. The number of guanidine groups is 2. The fraction of sp³-hybridized carbons (Fsp3) is 0.722. The molecule has 0 spiro atoms. The van der Waals surface area contributed by atoms with Gasteiger partial charge in [-0.05, 0) is 26.2 Å². The number of nitrogens with two attached hydrogens (primary N) is 1. The van der Waals surface area contributed by atoms with E-state index in [9.17, 15) is 14.4 Å². The largest absolute Gasteiger partial charge is 0.463 e. The molecule has 1 rings (SSSR count). The first kappa shape index (κ1) is 19.5. The highest BCUT2D eigenvalue weighted by Gasteiger charge is 2.22. The van der Waals surface area contributed by atoms with E-state index in [0.29, 0.717) is 12.8 Å². The fourth-order valence-electron chi connectivity index (χ4n) is 2.82. The Balaban J connectivity index is 3.14. The fourth-order valence-corrected chi connectivity index (χ4v) is 2.82. The van der Waals surface area contributed by atoms with E-state index in [1.807, 2.05) is 0 Å². The van der Waals surface area contributed by atoms with Crippen LogP contribution in [0.25, 0.3) is 0 Å². The second-order valence-corrected chi connectivity index (χ2v) is 6.78. The van der Waals surface area contributed by atoms with E-state index in [4.69, 9.17) is 19.7 Å². The normalized spacial score (nSPS) is 25.1. The van der Waals surface area contributed by atoms with E-state index in [1.54, 1.807) is 6.92 Å². The number of hydrazine groups is 1. The topological polar surface area (TPSA) is 159 Å². The van der Waals surface area contributed by atoms with Gasteiger partial charge in [0.05, 0.1) is 6.10 Å². The molecule has 0 saturated carbocycles. The van der Waals surface area contributed by atoms with E-state index in [1.165, 1.54) is 0 Å². The molecule has 0 aliphatic carbocycles. The predicted molar refractivity (Wildman–Crippen MR) is 108 cm³/mol. The molecule has 0 bridgehead atoms. The highest BCUT2D eigenvalue weighted by molar-refractivity contribution is 6.02. The molecule has 1 unspecified atom stereocenters. The van der Waals surface area contributed by atoms with Gasteiger partial charge in [0.15, 0.2) is 0 Å². The Morgan fingerprint density at radius 2 is 1.93 bits per heavy atom. The van der Waals surface area contributed by atoms with Crippen LogP contribution in [0.5, 0.6) is 0 Å².